The Kier molecular flexibility index (Phi) is 4.69. The minimum absolute atomic E-state index is 0.347. The Balaban J connectivity index is 4.99. The largest absolute Gasteiger partial charge is 0.514 e. The van der Waals surface area contributed by atoms with Crippen molar-refractivity contribution in [2.45, 2.75) is 0 Å². The van der Waals surface area contributed by atoms with Crippen LogP contribution in [0.5, 0.6) is 0 Å². The average Bonchev–Trinajstić information content (AvgIpc) is 2.18. The molecule has 1 N–H and O–H groups in total. The molecule has 13 heavy (non-hydrogen) atoms. The number of carbonyl (C=O) groups excluding carboxylic acids is 1. The zero-order valence-corrected chi connectivity index (χ0v) is 8.41. The molecule has 0 unspecified atom stereocenters. The number of ether oxygens (including phenoxy) is 1. The first-order valence-corrected chi connectivity index (χ1v) is 4.74. The first-order chi connectivity index (χ1) is 6.05. The molecule has 0 aliphatic carbocycles. The number of carbonyl (C=O) groups is 1. The molecule has 6 nitrogen and oxygen atoms in total. The number of hydrogen-bond donors (Lipinski definition) is 1. The smallest absolute Gasteiger partial charge is 0.371 e. The Morgan fingerprint density at radius 3 is 2.00 bits per heavy atom. The maximum atomic E-state index is 11.5. The Morgan fingerprint density at radius 1 is 1.31 bits per heavy atom. The molecule has 0 saturated carbocycles. The van der Waals surface area contributed by atoms with Crippen LogP contribution in [0.1, 0.15) is 0 Å². The monoisotopic (exact) mass is 210 g/mol. The lowest BCUT2D eigenvalue weighted by molar-refractivity contribution is -0.135. The highest BCUT2D eigenvalue weighted by atomic mass is 31.2. The summed E-state index contributed by atoms with van der Waals surface area (Å²) in [6.45, 7) is 0. The van der Waals surface area contributed by atoms with Crippen LogP contribution in [0.15, 0.2) is 11.6 Å². The molecule has 0 bridgehead atoms. The van der Waals surface area contributed by atoms with Gasteiger partial charge >= 0.3 is 13.6 Å². The second kappa shape index (κ2) is 5.01. The molecule has 0 heterocycles. The lowest BCUT2D eigenvalue weighted by Crippen LogP contribution is -2.07. The summed E-state index contributed by atoms with van der Waals surface area (Å²) in [5.41, 5.74) is 0. The van der Waals surface area contributed by atoms with Gasteiger partial charge in [-0.2, -0.15) is 0 Å². The van der Waals surface area contributed by atoms with E-state index in [0.717, 1.165) is 21.3 Å². The van der Waals surface area contributed by atoms with Crippen LogP contribution in [0.4, 0.5) is 0 Å². The van der Waals surface area contributed by atoms with Crippen LogP contribution < -0.4 is 0 Å². The summed E-state index contributed by atoms with van der Waals surface area (Å²) in [6.07, 6.45) is 0.347. The molecule has 0 aliphatic rings. The number of aliphatic hydroxyl groups is 1. The average molecular weight is 210 g/mol. The predicted molar refractivity (Wildman–Crippen MR) is 44.4 cm³/mol. The van der Waals surface area contributed by atoms with Gasteiger partial charge in [-0.15, -0.1) is 0 Å². The van der Waals surface area contributed by atoms with Crippen molar-refractivity contribution in [1.82, 2.24) is 0 Å². The number of rotatable bonds is 4. The summed E-state index contributed by atoms with van der Waals surface area (Å²) < 4.78 is 24.7. The zero-order chi connectivity index (χ0) is 10.5. The van der Waals surface area contributed by atoms with E-state index in [1.54, 1.807) is 0 Å². The van der Waals surface area contributed by atoms with Gasteiger partial charge in [0.05, 0.1) is 7.11 Å². The van der Waals surface area contributed by atoms with Gasteiger partial charge in [-0.05, 0) is 0 Å². The van der Waals surface area contributed by atoms with Crippen molar-refractivity contribution in [2.75, 3.05) is 21.3 Å². The van der Waals surface area contributed by atoms with Crippen LogP contribution in [0.2, 0.25) is 0 Å². The van der Waals surface area contributed by atoms with Gasteiger partial charge in [0.1, 0.15) is 6.26 Å². The number of methoxy groups -OCH3 is 1. The highest BCUT2D eigenvalue weighted by molar-refractivity contribution is 7.59. The molecule has 0 atom stereocenters. The minimum atomic E-state index is -3.73. The van der Waals surface area contributed by atoms with E-state index in [-0.39, 0.29) is 0 Å². The molecule has 0 aromatic heterocycles. The van der Waals surface area contributed by atoms with Gasteiger partial charge in [-0.1, -0.05) is 0 Å². The van der Waals surface area contributed by atoms with Crippen molar-refractivity contribution < 1.29 is 28.3 Å². The highest BCUT2D eigenvalue weighted by Gasteiger charge is 2.34. The second-order valence-electron chi connectivity index (χ2n) is 1.87. The number of hydrogen-bond acceptors (Lipinski definition) is 6. The summed E-state index contributed by atoms with van der Waals surface area (Å²) in [5.74, 6) is -0.963. The highest BCUT2D eigenvalue weighted by Crippen LogP contribution is 2.54. The SMILES string of the molecule is COC(=O)/C(=C\O)P(=O)(OC)OC. The van der Waals surface area contributed by atoms with Crippen molar-refractivity contribution in [2.24, 2.45) is 0 Å². The molecule has 0 radical (unpaired) electrons. The Bertz CT molecular complexity index is 250. The quantitative estimate of drug-likeness (QED) is 0.323. The summed E-state index contributed by atoms with van der Waals surface area (Å²) in [6, 6.07) is 0. The van der Waals surface area contributed by atoms with Crippen molar-refractivity contribution >= 4 is 13.6 Å². The molecule has 0 spiro atoms. The fraction of sp³-hybridized carbons (Fsp3) is 0.500. The van der Waals surface area contributed by atoms with Gasteiger partial charge in [0.25, 0.3) is 0 Å². The van der Waals surface area contributed by atoms with Crippen molar-refractivity contribution in [3.8, 4) is 0 Å². The van der Waals surface area contributed by atoms with E-state index in [4.69, 9.17) is 5.11 Å². The van der Waals surface area contributed by atoms with Crippen LogP contribution in [-0.2, 0) is 23.1 Å². The third-order valence-corrected chi connectivity index (χ3v) is 3.14. The maximum absolute atomic E-state index is 11.5. The normalized spacial score (nSPS) is 12.7. The summed E-state index contributed by atoms with van der Waals surface area (Å²) in [5, 5.41) is 8.09. The maximum Gasteiger partial charge on any atom is 0.371 e. The van der Waals surface area contributed by atoms with E-state index in [0.29, 0.717) is 6.26 Å². The lowest BCUT2D eigenvalue weighted by Gasteiger charge is -2.13. The zero-order valence-electron chi connectivity index (χ0n) is 7.51. The molecule has 76 valence electrons. The molecule has 0 aromatic carbocycles. The third-order valence-electron chi connectivity index (χ3n) is 1.29. The van der Waals surface area contributed by atoms with Gasteiger partial charge in [0.2, 0.25) is 0 Å². The summed E-state index contributed by atoms with van der Waals surface area (Å²) >= 11 is 0. The van der Waals surface area contributed by atoms with E-state index in [2.05, 4.69) is 13.8 Å². The van der Waals surface area contributed by atoms with E-state index >= 15 is 0 Å². The predicted octanol–water partition coefficient (Wildman–Crippen LogP) is 1.04. The molecular weight excluding hydrogens is 199 g/mol. The second-order valence-corrected chi connectivity index (χ2v) is 4.08. The van der Waals surface area contributed by atoms with Gasteiger partial charge in [0, 0.05) is 14.2 Å². The Hall–Kier alpha value is -0.840. The van der Waals surface area contributed by atoms with Crippen LogP contribution in [0.3, 0.4) is 0 Å². The molecule has 0 fully saturated rings. The fourth-order valence-corrected chi connectivity index (χ4v) is 1.61. The van der Waals surface area contributed by atoms with E-state index in [1.807, 2.05) is 0 Å². The van der Waals surface area contributed by atoms with Crippen molar-refractivity contribution in [3.05, 3.63) is 11.6 Å². The molecule has 7 heteroatoms. The third kappa shape index (κ3) is 2.55. The molecule has 0 saturated heterocycles. The molecule has 0 rings (SSSR count). The van der Waals surface area contributed by atoms with Crippen LogP contribution in [0, 0.1) is 0 Å². The van der Waals surface area contributed by atoms with Gasteiger partial charge in [-0.25, -0.2) is 4.79 Å². The first-order valence-electron chi connectivity index (χ1n) is 3.20. The molecule has 0 aliphatic heterocycles. The molecule has 0 aromatic rings. The summed E-state index contributed by atoms with van der Waals surface area (Å²) in [7, 11) is -0.455. The minimum Gasteiger partial charge on any atom is -0.514 e. The van der Waals surface area contributed by atoms with Gasteiger partial charge in [-0.3, -0.25) is 4.57 Å². The number of esters is 1. The van der Waals surface area contributed by atoms with Gasteiger partial charge < -0.3 is 18.9 Å². The van der Waals surface area contributed by atoms with Crippen LogP contribution in [-0.4, -0.2) is 32.4 Å². The Labute approximate surface area is 75.6 Å². The van der Waals surface area contributed by atoms with Crippen LogP contribution in [0.25, 0.3) is 0 Å². The lowest BCUT2D eigenvalue weighted by atomic mass is 10.6. The topological polar surface area (TPSA) is 82.1 Å². The van der Waals surface area contributed by atoms with Gasteiger partial charge in [0.15, 0.2) is 5.31 Å². The van der Waals surface area contributed by atoms with Crippen LogP contribution >= 0.6 is 7.60 Å². The first kappa shape index (κ1) is 12.2. The summed E-state index contributed by atoms with van der Waals surface area (Å²) in [4.78, 5) is 10.9. The molecule has 0 amide bonds. The fourth-order valence-electron chi connectivity index (χ4n) is 0.611. The van der Waals surface area contributed by atoms with E-state index in [1.165, 1.54) is 0 Å². The van der Waals surface area contributed by atoms with Crippen molar-refractivity contribution in [1.29, 1.82) is 0 Å². The molecular formula is C6H11O6P. The van der Waals surface area contributed by atoms with Crippen molar-refractivity contribution in [3.63, 3.8) is 0 Å². The number of aliphatic hydroxyl groups excluding tert-OH is 1. The Morgan fingerprint density at radius 2 is 1.77 bits per heavy atom. The van der Waals surface area contributed by atoms with E-state index in [9.17, 15) is 9.36 Å². The van der Waals surface area contributed by atoms with E-state index < -0.39 is 18.9 Å². The standard InChI is InChI=1S/C6H11O6P/c1-10-6(8)5(4-7)13(9,11-2)12-3/h4,7H,1-3H3/b5-4+.